The number of amides is 1. The van der Waals surface area contributed by atoms with E-state index in [9.17, 15) is 4.79 Å². The first kappa shape index (κ1) is 15.4. The van der Waals surface area contributed by atoms with Gasteiger partial charge in [0, 0.05) is 30.7 Å². The summed E-state index contributed by atoms with van der Waals surface area (Å²) in [7, 11) is 3.83. The summed E-state index contributed by atoms with van der Waals surface area (Å²) in [5, 5.41) is 2.89. The van der Waals surface area contributed by atoms with Crippen LogP contribution >= 0.6 is 15.9 Å². The molecule has 0 aliphatic carbocycles. The van der Waals surface area contributed by atoms with E-state index in [-0.39, 0.29) is 5.91 Å². The Bertz CT molecular complexity index is 656. The minimum atomic E-state index is -0.132. The van der Waals surface area contributed by atoms with Crippen LogP contribution in [-0.2, 0) is 6.54 Å². The molecule has 0 saturated carbocycles. The molecule has 0 unspecified atom stereocenters. The molecule has 0 spiro atoms. The second-order valence-electron chi connectivity index (χ2n) is 4.98. The molecule has 4 nitrogen and oxygen atoms in total. The van der Waals surface area contributed by atoms with Gasteiger partial charge in [0.05, 0.1) is 11.4 Å². The Kier molecular flexibility index (Phi) is 4.85. The van der Waals surface area contributed by atoms with Crippen LogP contribution < -0.4 is 16.0 Å². The topological polar surface area (TPSA) is 58.4 Å². The van der Waals surface area contributed by atoms with E-state index in [1.54, 1.807) is 12.1 Å². The monoisotopic (exact) mass is 347 g/mol. The maximum atomic E-state index is 12.1. The van der Waals surface area contributed by atoms with Crippen LogP contribution in [0.25, 0.3) is 0 Å². The summed E-state index contributed by atoms with van der Waals surface area (Å²) in [6.45, 7) is 0.480. The SMILES string of the molecule is CN(C)c1ccc(C(=O)NCc2cccc(Br)c2)cc1N. The first-order valence-electron chi connectivity index (χ1n) is 6.57. The van der Waals surface area contributed by atoms with Crippen LogP contribution in [0.5, 0.6) is 0 Å². The van der Waals surface area contributed by atoms with Gasteiger partial charge in [-0.2, -0.15) is 0 Å². The molecule has 0 saturated heterocycles. The van der Waals surface area contributed by atoms with E-state index in [1.165, 1.54) is 0 Å². The molecule has 2 aromatic rings. The summed E-state index contributed by atoms with van der Waals surface area (Å²) in [5.41, 5.74) is 9.05. The molecule has 0 aliphatic rings. The molecular weight excluding hydrogens is 330 g/mol. The van der Waals surface area contributed by atoms with E-state index >= 15 is 0 Å². The lowest BCUT2D eigenvalue weighted by molar-refractivity contribution is 0.0951. The zero-order valence-electron chi connectivity index (χ0n) is 12.1. The fourth-order valence-electron chi connectivity index (χ4n) is 2.03. The largest absolute Gasteiger partial charge is 0.397 e. The highest BCUT2D eigenvalue weighted by Crippen LogP contribution is 2.22. The molecule has 1 amide bonds. The second-order valence-corrected chi connectivity index (χ2v) is 5.90. The van der Waals surface area contributed by atoms with E-state index in [4.69, 9.17) is 5.73 Å². The molecule has 21 heavy (non-hydrogen) atoms. The number of carbonyl (C=O) groups excluding carboxylic acids is 1. The van der Waals surface area contributed by atoms with Crippen LogP contribution in [0, 0.1) is 0 Å². The fraction of sp³-hybridized carbons (Fsp3) is 0.188. The average Bonchev–Trinajstić information content (AvgIpc) is 2.44. The summed E-state index contributed by atoms with van der Waals surface area (Å²) in [4.78, 5) is 14.1. The number of rotatable bonds is 4. The van der Waals surface area contributed by atoms with Gasteiger partial charge in [-0.25, -0.2) is 0 Å². The van der Waals surface area contributed by atoms with Crippen LogP contribution in [0.1, 0.15) is 15.9 Å². The normalized spacial score (nSPS) is 10.2. The Morgan fingerprint density at radius 1 is 1.24 bits per heavy atom. The summed E-state index contributed by atoms with van der Waals surface area (Å²) in [6, 6.07) is 13.2. The van der Waals surface area contributed by atoms with Crippen molar-refractivity contribution in [3.8, 4) is 0 Å². The van der Waals surface area contributed by atoms with Crippen LogP contribution in [0.15, 0.2) is 46.9 Å². The zero-order valence-corrected chi connectivity index (χ0v) is 13.6. The summed E-state index contributed by atoms with van der Waals surface area (Å²) < 4.78 is 0.994. The van der Waals surface area contributed by atoms with Crippen molar-refractivity contribution in [2.24, 2.45) is 0 Å². The predicted molar refractivity (Wildman–Crippen MR) is 90.5 cm³/mol. The van der Waals surface area contributed by atoms with Crippen molar-refractivity contribution >= 4 is 33.2 Å². The predicted octanol–water partition coefficient (Wildman–Crippen LogP) is 3.03. The molecule has 0 radical (unpaired) electrons. The molecule has 3 N–H and O–H groups in total. The van der Waals surface area contributed by atoms with Gasteiger partial charge in [0.2, 0.25) is 0 Å². The summed E-state index contributed by atoms with van der Waals surface area (Å²) >= 11 is 3.41. The molecule has 5 heteroatoms. The quantitative estimate of drug-likeness (QED) is 0.835. The van der Waals surface area contributed by atoms with Crippen molar-refractivity contribution in [1.29, 1.82) is 0 Å². The fourth-order valence-corrected chi connectivity index (χ4v) is 2.48. The molecule has 110 valence electrons. The lowest BCUT2D eigenvalue weighted by Crippen LogP contribution is -2.23. The van der Waals surface area contributed by atoms with E-state index in [2.05, 4.69) is 21.2 Å². The summed E-state index contributed by atoms with van der Waals surface area (Å²) in [5.74, 6) is -0.132. The van der Waals surface area contributed by atoms with Gasteiger partial charge in [0.15, 0.2) is 0 Å². The minimum Gasteiger partial charge on any atom is -0.397 e. The van der Waals surface area contributed by atoms with Gasteiger partial charge in [-0.1, -0.05) is 28.1 Å². The van der Waals surface area contributed by atoms with Gasteiger partial charge >= 0.3 is 0 Å². The Morgan fingerprint density at radius 2 is 2.00 bits per heavy atom. The highest BCUT2D eigenvalue weighted by molar-refractivity contribution is 9.10. The van der Waals surface area contributed by atoms with Crippen molar-refractivity contribution in [2.45, 2.75) is 6.54 Å². The highest BCUT2D eigenvalue weighted by Gasteiger charge is 2.09. The van der Waals surface area contributed by atoms with Crippen molar-refractivity contribution in [2.75, 3.05) is 24.7 Å². The highest BCUT2D eigenvalue weighted by atomic mass is 79.9. The number of hydrogen-bond acceptors (Lipinski definition) is 3. The summed E-state index contributed by atoms with van der Waals surface area (Å²) in [6.07, 6.45) is 0. The Balaban J connectivity index is 2.05. The number of nitrogens with two attached hydrogens (primary N) is 1. The number of nitrogen functional groups attached to an aromatic ring is 1. The standard InChI is InChI=1S/C16H18BrN3O/c1-20(2)15-7-6-12(9-14(15)18)16(21)19-10-11-4-3-5-13(17)8-11/h3-9H,10,18H2,1-2H3,(H,19,21). The maximum absolute atomic E-state index is 12.1. The molecule has 0 aromatic heterocycles. The number of nitrogens with zero attached hydrogens (tertiary/aromatic N) is 1. The lowest BCUT2D eigenvalue weighted by atomic mass is 10.1. The third-order valence-electron chi connectivity index (χ3n) is 3.11. The third-order valence-corrected chi connectivity index (χ3v) is 3.61. The van der Waals surface area contributed by atoms with Crippen molar-refractivity contribution < 1.29 is 4.79 Å². The number of benzene rings is 2. The second kappa shape index (κ2) is 6.63. The lowest BCUT2D eigenvalue weighted by Gasteiger charge is -2.16. The van der Waals surface area contributed by atoms with Gasteiger partial charge in [0.25, 0.3) is 5.91 Å². The average molecular weight is 348 g/mol. The van der Waals surface area contributed by atoms with E-state index in [0.717, 1.165) is 15.7 Å². The molecule has 2 rings (SSSR count). The van der Waals surface area contributed by atoms with Gasteiger partial charge in [0.1, 0.15) is 0 Å². The van der Waals surface area contributed by atoms with Crippen LogP contribution in [0.2, 0.25) is 0 Å². The number of hydrogen-bond donors (Lipinski definition) is 2. The number of nitrogens with one attached hydrogen (secondary N) is 1. The van der Waals surface area contributed by atoms with Crippen LogP contribution in [0.4, 0.5) is 11.4 Å². The molecule has 0 atom stereocenters. The van der Waals surface area contributed by atoms with Gasteiger partial charge in [-0.15, -0.1) is 0 Å². The Morgan fingerprint density at radius 3 is 2.62 bits per heavy atom. The number of carbonyl (C=O) groups is 1. The third kappa shape index (κ3) is 3.98. The maximum Gasteiger partial charge on any atom is 0.251 e. The molecule has 0 aliphatic heterocycles. The van der Waals surface area contributed by atoms with Crippen molar-refractivity contribution in [3.63, 3.8) is 0 Å². The van der Waals surface area contributed by atoms with E-state index in [0.29, 0.717) is 17.8 Å². The van der Waals surface area contributed by atoms with Gasteiger partial charge in [-0.3, -0.25) is 4.79 Å². The molecule has 0 fully saturated rings. The van der Waals surface area contributed by atoms with E-state index < -0.39 is 0 Å². The van der Waals surface area contributed by atoms with Crippen molar-refractivity contribution in [1.82, 2.24) is 5.32 Å². The van der Waals surface area contributed by atoms with Gasteiger partial charge in [-0.05, 0) is 35.9 Å². The van der Waals surface area contributed by atoms with Crippen LogP contribution in [-0.4, -0.2) is 20.0 Å². The number of halogens is 1. The molecule has 2 aromatic carbocycles. The van der Waals surface area contributed by atoms with Crippen molar-refractivity contribution in [3.05, 3.63) is 58.1 Å². The molecular formula is C16H18BrN3O. The smallest absolute Gasteiger partial charge is 0.251 e. The number of anilines is 2. The van der Waals surface area contributed by atoms with Crippen LogP contribution in [0.3, 0.4) is 0 Å². The molecule has 0 bridgehead atoms. The first-order chi connectivity index (χ1) is 9.97. The zero-order chi connectivity index (χ0) is 15.4. The minimum absolute atomic E-state index is 0.132. The first-order valence-corrected chi connectivity index (χ1v) is 7.36. The van der Waals surface area contributed by atoms with Gasteiger partial charge < -0.3 is 16.0 Å². The van der Waals surface area contributed by atoms with E-state index in [1.807, 2.05) is 49.3 Å². The Labute approximate surface area is 133 Å². The molecule has 0 heterocycles. The Hall–Kier alpha value is -2.01.